The quantitative estimate of drug-likeness (QED) is 0.905. The molecule has 2 aromatic rings. The highest BCUT2D eigenvalue weighted by Gasteiger charge is 2.17. The van der Waals surface area contributed by atoms with E-state index >= 15 is 0 Å². The fraction of sp³-hybridized carbons (Fsp3) is 0.333. The molecule has 1 atom stereocenters. The predicted octanol–water partition coefficient (Wildman–Crippen LogP) is 3.69. The summed E-state index contributed by atoms with van der Waals surface area (Å²) in [5, 5.41) is 0. The van der Waals surface area contributed by atoms with Gasteiger partial charge in [0.25, 0.3) is 5.56 Å². The molecule has 1 aromatic carbocycles. The van der Waals surface area contributed by atoms with Crippen LogP contribution in [0, 0.1) is 0 Å². The molecule has 4 nitrogen and oxygen atoms in total. The SMILES string of the molecule is CCOC(CC)c1nc(-c2ccccc2)c(Br)c(=O)[nH]1. The maximum absolute atomic E-state index is 12.1. The summed E-state index contributed by atoms with van der Waals surface area (Å²) in [6, 6.07) is 9.63. The lowest BCUT2D eigenvalue weighted by Gasteiger charge is -2.15. The van der Waals surface area contributed by atoms with Gasteiger partial charge in [0.15, 0.2) is 0 Å². The Bertz CT molecular complexity index is 626. The van der Waals surface area contributed by atoms with Crippen molar-refractivity contribution in [2.24, 2.45) is 0 Å². The molecule has 0 aliphatic rings. The van der Waals surface area contributed by atoms with Crippen LogP contribution in [0.2, 0.25) is 0 Å². The predicted molar refractivity (Wildman–Crippen MR) is 82.7 cm³/mol. The molecule has 1 aromatic heterocycles. The smallest absolute Gasteiger partial charge is 0.265 e. The number of aromatic nitrogens is 2. The van der Waals surface area contributed by atoms with Gasteiger partial charge in [0.2, 0.25) is 0 Å². The van der Waals surface area contributed by atoms with Crippen molar-refractivity contribution in [3.63, 3.8) is 0 Å². The average molecular weight is 337 g/mol. The summed E-state index contributed by atoms with van der Waals surface area (Å²) in [6.45, 7) is 4.52. The van der Waals surface area contributed by atoms with Crippen LogP contribution >= 0.6 is 15.9 Å². The molecule has 1 N–H and O–H groups in total. The third-order valence-electron chi connectivity index (χ3n) is 2.97. The van der Waals surface area contributed by atoms with E-state index in [4.69, 9.17) is 4.74 Å². The third kappa shape index (κ3) is 3.16. The summed E-state index contributed by atoms with van der Waals surface area (Å²) in [5.74, 6) is 0.571. The van der Waals surface area contributed by atoms with Crippen molar-refractivity contribution in [3.8, 4) is 11.3 Å². The Hall–Kier alpha value is -1.46. The first-order valence-corrected chi connectivity index (χ1v) is 7.43. The molecule has 0 aliphatic heterocycles. The van der Waals surface area contributed by atoms with Gasteiger partial charge < -0.3 is 9.72 Å². The zero-order valence-corrected chi connectivity index (χ0v) is 13.1. The van der Waals surface area contributed by atoms with Crippen LogP contribution < -0.4 is 5.56 Å². The first-order valence-electron chi connectivity index (χ1n) is 6.64. The molecular formula is C15H17BrN2O2. The number of halogens is 1. The Balaban J connectivity index is 2.53. The number of rotatable bonds is 5. The Labute approximate surface area is 126 Å². The topological polar surface area (TPSA) is 55.0 Å². The molecule has 1 unspecified atom stereocenters. The van der Waals surface area contributed by atoms with E-state index in [0.717, 1.165) is 12.0 Å². The van der Waals surface area contributed by atoms with E-state index in [1.165, 1.54) is 0 Å². The van der Waals surface area contributed by atoms with E-state index in [0.29, 0.717) is 22.6 Å². The van der Waals surface area contributed by atoms with Crippen LogP contribution in [0.1, 0.15) is 32.2 Å². The van der Waals surface area contributed by atoms with Crippen molar-refractivity contribution in [1.29, 1.82) is 0 Å². The lowest BCUT2D eigenvalue weighted by molar-refractivity contribution is 0.0533. The molecule has 0 spiro atoms. The van der Waals surface area contributed by atoms with Gasteiger partial charge >= 0.3 is 0 Å². The third-order valence-corrected chi connectivity index (χ3v) is 3.71. The van der Waals surface area contributed by atoms with Gasteiger partial charge in [-0.1, -0.05) is 37.3 Å². The van der Waals surface area contributed by atoms with Crippen molar-refractivity contribution < 1.29 is 4.74 Å². The van der Waals surface area contributed by atoms with Gasteiger partial charge in [-0.2, -0.15) is 0 Å². The molecule has 106 valence electrons. The molecular weight excluding hydrogens is 320 g/mol. The summed E-state index contributed by atoms with van der Waals surface area (Å²) >= 11 is 3.31. The van der Waals surface area contributed by atoms with Crippen LogP contribution in [0.4, 0.5) is 0 Å². The Morgan fingerprint density at radius 3 is 2.60 bits per heavy atom. The van der Waals surface area contributed by atoms with Crippen LogP contribution in [0.3, 0.4) is 0 Å². The van der Waals surface area contributed by atoms with Crippen molar-refractivity contribution in [2.45, 2.75) is 26.4 Å². The number of hydrogen-bond donors (Lipinski definition) is 1. The van der Waals surface area contributed by atoms with Gasteiger partial charge in [0.1, 0.15) is 16.4 Å². The monoisotopic (exact) mass is 336 g/mol. The number of ether oxygens (including phenoxy) is 1. The number of hydrogen-bond acceptors (Lipinski definition) is 3. The lowest BCUT2D eigenvalue weighted by Crippen LogP contribution is -2.18. The zero-order valence-electron chi connectivity index (χ0n) is 11.5. The van der Waals surface area contributed by atoms with Gasteiger partial charge in [-0.15, -0.1) is 0 Å². The van der Waals surface area contributed by atoms with Crippen LogP contribution in [0.15, 0.2) is 39.6 Å². The molecule has 0 bridgehead atoms. The van der Waals surface area contributed by atoms with Gasteiger partial charge in [0.05, 0.1) is 5.69 Å². The molecule has 5 heteroatoms. The summed E-state index contributed by atoms with van der Waals surface area (Å²) in [6.07, 6.45) is 0.565. The number of benzene rings is 1. The average Bonchev–Trinajstić information content (AvgIpc) is 2.48. The van der Waals surface area contributed by atoms with Crippen molar-refractivity contribution in [1.82, 2.24) is 9.97 Å². The molecule has 0 saturated heterocycles. The number of aromatic amines is 1. The molecule has 2 rings (SSSR count). The van der Waals surface area contributed by atoms with Crippen LogP contribution in [-0.4, -0.2) is 16.6 Å². The second kappa shape index (κ2) is 6.81. The molecule has 0 saturated carbocycles. The highest BCUT2D eigenvalue weighted by molar-refractivity contribution is 9.10. The van der Waals surface area contributed by atoms with Gasteiger partial charge in [0, 0.05) is 12.2 Å². The normalized spacial score (nSPS) is 12.3. The van der Waals surface area contributed by atoms with Crippen molar-refractivity contribution >= 4 is 15.9 Å². The lowest BCUT2D eigenvalue weighted by atomic mass is 10.1. The summed E-state index contributed by atoms with van der Waals surface area (Å²) in [4.78, 5) is 19.4. The summed E-state index contributed by atoms with van der Waals surface area (Å²) < 4.78 is 6.06. The molecule has 0 amide bonds. The van der Waals surface area contributed by atoms with Crippen LogP contribution in [0.5, 0.6) is 0 Å². The zero-order chi connectivity index (χ0) is 14.5. The minimum atomic E-state index is -0.191. The fourth-order valence-corrected chi connectivity index (χ4v) is 2.42. The first kappa shape index (κ1) is 14.9. The largest absolute Gasteiger partial charge is 0.371 e. The van der Waals surface area contributed by atoms with E-state index in [2.05, 4.69) is 25.9 Å². The second-order valence-corrected chi connectivity index (χ2v) is 5.13. The van der Waals surface area contributed by atoms with E-state index in [-0.39, 0.29) is 11.7 Å². The number of H-pyrrole nitrogens is 1. The van der Waals surface area contributed by atoms with E-state index in [1.54, 1.807) is 0 Å². The Morgan fingerprint density at radius 1 is 1.30 bits per heavy atom. The number of nitrogens with zero attached hydrogens (tertiary/aromatic N) is 1. The first-order chi connectivity index (χ1) is 9.67. The highest BCUT2D eigenvalue weighted by atomic mass is 79.9. The van der Waals surface area contributed by atoms with Gasteiger partial charge in [-0.3, -0.25) is 4.79 Å². The fourth-order valence-electron chi connectivity index (χ4n) is 2.01. The minimum Gasteiger partial charge on any atom is -0.371 e. The summed E-state index contributed by atoms with van der Waals surface area (Å²) in [5.41, 5.74) is 1.35. The van der Waals surface area contributed by atoms with Crippen LogP contribution in [0.25, 0.3) is 11.3 Å². The van der Waals surface area contributed by atoms with E-state index < -0.39 is 0 Å². The summed E-state index contributed by atoms with van der Waals surface area (Å²) in [7, 11) is 0. The van der Waals surface area contributed by atoms with Crippen molar-refractivity contribution in [3.05, 3.63) is 51.0 Å². The molecule has 0 aliphatic carbocycles. The standard InChI is InChI=1S/C15H17BrN2O2/c1-3-11(20-4-2)14-17-13(12(16)15(19)18-14)10-8-6-5-7-9-10/h5-9,11H,3-4H2,1-2H3,(H,17,18,19). The maximum atomic E-state index is 12.1. The van der Waals surface area contributed by atoms with Gasteiger partial charge in [-0.25, -0.2) is 4.98 Å². The van der Waals surface area contributed by atoms with Crippen LogP contribution in [-0.2, 0) is 4.74 Å². The molecule has 0 fully saturated rings. The van der Waals surface area contributed by atoms with E-state index in [1.807, 2.05) is 44.2 Å². The molecule has 0 radical (unpaired) electrons. The minimum absolute atomic E-state index is 0.188. The molecule has 1 heterocycles. The number of nitrogens with one attached hydrogen (secondary N) is 1. The Kier molecular flexibility index (Phi) is 5.09. The van der Waals surface area contributed by atoms with Gasteiger partial charge in [-0.05, 0) is 29.3 Å². The molecule has 20 heavy (non-hydrogen) atoms. The second-order valence-electron chi connectivity index (χ2n) is 4.33. The maximum Gasteiger partial charge on any atom is 0.265 e. The van der Waals surface area contributed by atoms with E-state index in [9.17, 15) is 4.79 Å². The van der Waals surface area contributed by atoms with Crippen molar-refractivity contribution in [2.75, 3.05) is 6.61 Å². The highest BCUT2D eigenvalue weighted by Crippen LogP contribution is 2.25. The Morgan fingerprint density at radius 2 is 2.00 bits per heavy atom.